The Morgan fingerprint density at radius 2 is 1.89 bits per heavy atom. The van der Waals surface area contributed by atoms with E-state index in [4.69, 9.17) is 0 Å². The van der Waals surface area contributed by atoms with Gasteiger partial charge in [-0.1, -0.05) is 40.5 Å². The second-order valence-corrected chi connectivity index (χ2v) is 7.58. The summed E-state index contributed by atoms with van der Waals surface area (Å²) in [4.78, 5) is 0. The molecule has 1 aliphatic rings. The van der Waals surface area contributed by atoms with E-state index in [1.54, 1.807) is 0 Å². The van der Waals surface area contributed by atoms with E-state index in [1.807, 2.05) is 0 Å². The Balaban J connectivity index is 2.03. The summed E-state index contributed by atoms with van der Waals surface area (Å²) in [6.07, 6.45) is 5.29. The maximum absolute atomic E-state index is 3.69. The van der Waals surface area contributed by atoms with Gasteiger partial charge < -0.3 is 5.32 Å². The topological polar surface area (TPSA) is 12.0 Å². The summed E-state index contributed by atoms with van der Waals surface area (Å²) in [5.74, 6) is 0. The van der Waals surface area contributed by atoms with Crippen molar-refractivity contribution in [2.45, 2.75) is 52.0 Å². The highest BCUT2D eigenvalue weighted by atomic mass is 79.9. The number of benzene rings is 1. The standard InChI is InChI=1S/C16H24BrN/c1-15(2,3)18-12-16(9-6-10-16)11-13-7-4-5-8-14(13)17/h4-5,7-8,18H,6,9-12H2,1-3H3. The minimum Gasteiger partial charge on any atom is -0.312 e. The van der Waals surface area contributed by atoms with Crippen LogP contribution < -0.4 is 5.32 Å². The predicted octanol–water partition coefficient (Wildman–Crippen LogP) is 4.55. The van der Waals surface area contributed by atoms with E-state index in [2.05, 4.69) is 66.3 Å². The SMILES string of the molecule is CC(C)(C)NCC1(Cc2ccccc2Br)CCC1. The Labute approximate surface area is 119 Å². The van der Waals surface area contributed by atoms with Crippen molar-refractivity contribution in [3.05, 3.63) is 34.3 Å². The monoisotopic (exact) mass is 309 g/mol. The van der Waals surface area contributed by atoms with Crippen molar-refractivity contribution in [1.29, 1.82) is 0 Å². The zero-order valence-corrected chi connectivity index (χ0v) is 13.3. The van der Waals surface area contributed by atoms with Gasteiger partial charge in [-0.3, -0.25) is 0 Å². The molecule has 1 aromatic rings. The fraction of sp³-hybridized carbons (Fsp3) is 0.625. The molecule has 0 aliphatic heterocycles. The van der Waals surface area contributed by atoms with Gasteiger partial charge in [-0.2, -0.15) is 0 Å². The van der Waals surface area contributed by atoms with Crippen LogP contribution in [0.3, 0.4) is 0 Å². The molecule has 0 heterocycles. The van der Waals surface area contributed by atoms with Gasteiger partial charge >= 0.3 is 0 Å². The molecule has 0 spiro atoms. The second kappa shape index (κ2) is 5.34. The van der Waals surface area contributed by atoms with Crippen LogP contribution in [-0.4, -0.2) is 12.1 Å². The molecule has 1 nitrogen and oxygen atoms in total. The summed E-state index contributed by atoms with van der Waals surface area (Å²) in [6, 6.07) is 8.64. The van der Waals surface area contributed by atoms with Crippen LogP contribution in [0.5, 0.6) is 0 Å². The molecule has 0 radical (unpaired) electrons. The lowest BCUT2D eigenvalue weighted by Gasteiger charge is -2.44. The molecule has 2 rings (SSSR count). The van der Waals surface area contributed by atoms with Crippen LogP contribution in [0.1, 0.15) is 45.6 Å². The molecular formula is C16H24BrN. The van der Waals surface area contributed by atoms with Gasteiger partial charge in [0.25, 0.3) is 0 Å². The van der Waals surface area contributed by atoms with Gasteiger partial charge in [0.2, 0.25) is 0 Å². The van der Waals surface area contributed by atoms with Gasteiger partial charge in [-0.05, 0) is 57.1 Å². The average Bonchev–Trinajstić information content (AvgIpc) is 2.23. The van der Waals surface area contributed by atoms with E-state index in [1.165, 1.54) is 35.7 Å². The Hall–Kier alpha value is -0.340. The Kier molecular flexibility index (Phi) is 4.18. The van der Waals surface area contributed by atoms with Gasteiger partial charge in [-0.25, -0.2) is 0 Å². The minimum atomic E-state index is 0.219. The second-order valence-electron chi connectivity index (χ2n) is 6.73. The van der Waals surface area contributed by atoms with Crippen LogP contribution >= 0.6 is 15.9 Å². The summed E-state index contributed by atoms with van der Waals surface area (Å²) in [7, 11) is 0. The molecule has 1 N–H and O–H groups in total. The van der Waals surface area contributed by atoms with E-state index >= 15 is 0 Å². The zero-order chi connectivity index (χ0) is 13.2. The normalized spacial score (nSPS) is 18.4. The third-order valence-electron chi connectivity index (χ3n) is 3.93. The molecule has 0 saturated heterocycles. The number of hydrogen-bond donors (Lipinski definition) is 1. The molecule has 2 heteroatoms. The van der Waals surface area contributed by atoms with Crippen LogP contribution in [0.25, 0.3) is 0 Å². The van der Waals surface area contributed by atoms with Gasteiger partial charge in [0.15, 0.2) is 0 Å². The Morgan fingerprint density at radius 1 is 1.22 bits per heavy atom. The van der Waals surface area contributed by atoms with Crippen molar-refractivity contribution >= 4 is 15.9 Å². The highest BCUT2D eigenvalue weighted by molar-refractivity contribution is 9.10. The molecule has 0 unspecified atom stereocenters. The van der Waals surface area contributed by atoms with Gasteiger partial charge in [-0.15, -0.1) is 0 Å². The third-order valence-corrected chi connectivity index (χ3v) is 4.70. The van der Waals surface area contributed by atoms with E-state index in [0.29, 0.717) is 5.41 Å². The van der Waals surface area contributed by atoms with Crippen LogP contribution in [0.4, 0.5) is 0 Å². The van der Waals surface area contributed by atoms with Crippen LogP contribution in [-0.2, 0) is 6.42 Å². The molecule has 0 amide bonds. The third kappa shape index (κ3) is 3.58. The van der Waals surface area contributed by atoms with Gasteiger partial charge in [0.05, 0.1) is 0 Å². The zero-order valence-electron chi connectivity index (χ0n) is 11.7. The Morgan fingerprint density at radius 3 is 2.39 bits per heavy atom. The lowest BCUT2D eigenvalue weighted by Crippen LogP contribution is -2.48. The first-order valence-electron chi connectivity index (χ1n) is 6.89. The lowest BCUT2D eigenvalue weighted by molar-refractivity contribution is 0.118. The number of rotatable bonds is 4. The van der Waals surface area contributed by atoms with Gasteiger partial charge in [0.1, 0.15) is 0 Å². The summed E-state index contributed by atoms with van der Waals surface area (Å²) < 4.78 is 1.26. The first kappa shape index (κ1) is 14.1. The number of nitrogens with one attached hydrogen (secondary N) is 1. The van der Waals surface area contributed by atoms with Gasteiger partial charge in [0, 0.05) is 16.6 Å². The first-order valence-corrected chi connectivity index (χ1v) is 7.68. The smallest absolute Gasteiger partial charge is 0.0207 e. The molecule has 0 aromatic heterocycles. The van der Waals surface area contributed by atoms with Crippen LogP contribution in [0.15, 0.2) is 28.7 Å². The molecule has 1 saturated carbocycles. The molecule has 1 aliphatic carbocycles. The largest absolute Gasteiger partial charge is 0.312 e. The summed E-state index contributed by atoms with van der Waals surface area (Å²) >= 11 is 3.67. The maximum Gasteiger partial charge on any atom is 0.0207 e. The van der Waals surface area contributed by atoms with Crippen molar-refractivity contribution in [3.63, 3.8) is 0 Å². The quantitative estimate of drug-likeness (QED) is 0.860. The Bertz CT molecular complexity index is 402. The number of hydrogen-bond acceptors (Lipinski definition) is 1. The minimum absolute atomic E-state index is 0.219. The molecule has 1 fully saturated rings. The highest BCUT2D eigenvalue weighted by Gasteiger charge is 2.37. The fourth-order valence-electron chi connectivity index (χ4n) is 2.59. The first-order chi connectivity index (χ1) is 8.40. The molecular weight excluding hydrogens is 286 g/mol. The van der Waals surface area contributed by atoms with Crippen LogP contribution in [0.2, 0.25) is 0 Å². The summed E-state index contributed by atoms with van der Waals surface area (Å²) in [5, 5.41) is 3.69. The lowest BCUT2D eigenvalue weighted by atomic mass is 9.65. The number of halogens is 1. The van der Waals surface area contributed by atoms with Crippen LogP contribution in [0, 0.1) is 5.41 Å². The molecule has 1 aromatic carbocycles. The molecule has 0 bridgehead atoms. The van der Waals surface area contributed by atoms with Crippen molar-refractivity contribution in [3.8, 4) is 0 Å². The van der Waals surface area contributed by atoms with E-state index in [-0.39, 0.29) is 5.54 Å². The summed E-state index contributed by atoms with van der Waals surface area (Å²) in [5.41, 5.74) is 2.15. The fourth-order valence-corrected chi connectivity index (χ4v) is 3.02. The van der Waals surface area contributed by atoms with E-state index in [9.17, 15) is 0 Å². The van der Waals surface area contributed by atoms with E-state index < -0.39 is 0 Å². The van der Waals surface area contributed by atoms with Crippen molar-refractivity contribution in [2.24, 2.45) is 5.41 Å². The van der Waals surface area contributed by atoms with E-state index in [0.717, 1.165) is 6.54 Å². The highest BCUT2D eigenvalue weighted by Crippen LogP contribution is 2.44. The molecule has 18 heavy (non-hydrogen) atoms. The maximum atomic E-state index is 3.69. The predicted molar refractivity (Wildman–Crippen MR) is 81.9 cm³/mol. The van der Waals surface area contributed by atoms with Crippen molar-refractivity contribution in [2.75, 3.05) is 6.54 Å². The molecule has 0 atom stereocenters. The average molecular weight is 310 g/mol. The van der Waals surface area contributed by atoms with Crippen molar-refractivity contribution in [1.82, 2.24) is 5.32 Å². The summed E-state index contributed by atoms with van der Waals surface area (Å²) in [6.45, 7) is 7.88. The van der Waals surface area contributed by atoms with Crippen molar-refractivity contribution < 1.29 is 0 Å². The molecule has 100 valence electrons.